The highest BCUT2D eigenvalue weighted by atomic mass is 35.5. The molecule has 0 saturated heterocycles. The Kier molecular flexibility index (Phi) is 5.42. The molecular formula is C14H12ClF3N2OS. The van der Waals surface area contributed by atoms with Gasteiger partial charge in [-0.3, -0.25) is 4.79 Å². The summed E-state index contributed by atoms with van der Waals surface area (Å²) in [6.45, 7) is 0. The second kappa shape index (κ2) is 7.11. The van der Waals surface area contributed by atoms with Crippen LogP contribution in [-0.2, 0) is 17.4 Å². The number of nitrogens with one attached hydrogen (secondary N) is 1. The second-order valence-corrected chi connectivity index (χ2v) is 5.99. The maximum Gasteiger partial charge on any atom is 0.416 e. The van der Waals surface area contributed by atoms with Gasteiger partial charge in [-0.25, -0.2) is 4.98 Å². The first-order chi connectivity index (χ1) is 10.4. The molecule has 0 radical (unpaired) electrons. The summed E-state index contributed by atoms with van der Waals surface area (Å²) >= 11 is 6.68. The molecule has 118 valence electrons. The number of carbonyl (C=O) groups is 1. The van der Waals surface area contributed by atoms with Gasteiger partial charge in [0, 0.05) is 29.8 Å². The maximum atomic E-state index is 12.7. The van der Waals surface area contributed by atoms with Gasteiger partial charge in [-0.15, -0.1) is 22.9 Å². The van der Waals surface area contributed by atoms with Gasteiger partial charge in [-0.1, -0.05) is 18.2 Å². The minimum absolute atomic E-state index is 0.185. The van der Waals surface area contributed by atoms with Crippen LogP contribution in [0.15, 0.2) is 30.5 Å². The van der Waals surface area contributed by atoms with Gasteiger partial charge >= 0.3 is 6.18 Å². The van der Waals surface area contributed by atoms with E-state index in [9.17, 15) is 18.0 Å². The lowest BCUT2D eigenvalue weighted by Gasteiger charge is -2.07. The third-order valence-electron chi connectivity index (χ3n) is 2.75. The van der Waals surface area contributed by atoms with Crippen LogP contribution in [-0.4, -0.2) is 16.8 Å². The Morgan fingerprint density at radius 2 is 2.14 bits per heavy atom. The van der Waals surface area contributed by atoms with E-state index >= 15 is 0 Å². The number of thiazole rings is 1. The van der Waals surface area contributed by atoms with E-state index in [1.165, 1.54) is 17.4 Å². The highest BCUT2D eigenvalue weighted by molar-refractivity contribution is 7.15. The molecule has 22 heavy (non-hydrogen) atoms. The Morgan fingerprint density at radius 1 is 1.36 bits per heavy atom. The number of hydrogen-bond acceptors (Lipinski definition) is 3. The van der Waals surface area contributed by atoms with Crippen molar-refractivity contribution in [1.29, 1.82) is 0 Å². The fourth-order valence-corrected chi connectivity index (χ4v) is 2.81. The van der Waals surface area contributed by atoms with Gasteiger partial charge in [0.1, 0.15) is 0 Å². The molecule has 0 fully saturated rings. The van der Waals surface area contributed by atoms with E-state index in [2.05, 4.69) is 10.3 Å². The first-order valence-electron chi connectivity index (χ1n) is 6.35. The van der Waals surface area contributed by atoms with Crippen LogP contribution < -0.4 is 5.32 Å². The standard InChI is InChI=1S/C14H12ClF3N2OS/c15-5-4-12(21)20-13-19-8-11(22-13)7-9-2-1-3-10(6-9)14(16,17)18/h1-3,6,8H,4-5,7H2,(H,19,20,21). The molecule has 1 amide bonds. The summed E-state index contributed by atoms with van der Waals surface area (Å²) in [5, 5.41) is 3.00. The molecule has 0 saturated carbocycles. The molecule has 0 aliphatic rings. The molecule has 2 rings (SSSR count). The number of amides is 1. The maximum absolute atomic E-state index is 12.7. The third kappa shape index (κ3) is 4.71. The summed E-state index contributed by atoms with van der Waals surface area (Å²) in [5.41, 5.74) is -0.137. The average Bonchev–Trinajstić information content (AvgIpc) is 2.85. The Morgan fingerprint density at radius 3 is 2.82 bits per heavy atom. The summed E-state index contributed by atoms with van der Waals surface area (Å²) in [7, 11) is 0. The molecule has 2 aromatic rings. The number of benzene rings is 1. The molecule has 8 heteroatoms. The van der Waals surface area contributed by atoms with Crippen LogP contribution in [0.2, 0.25) is 0 Å². The first kappa shape index (κ1) is 16.8. The van der Waals surface area contributed by atoms with Gasteiger partial charge in [0.25, 0.3) is 0 Å². The summed E-state index contributed by atoms with van der Waals surface area (Å²) in [6.07, 6.45) is -2.30. The molecule has 3 nitrogen and oxygen atoms in total. The molecular weight excluding hydrogens is 337 g/mol. The Bertz CT molecular complexity index is 658. The predicted molar refractivity (Wildman–Crippen MR) is 80.3 cm³/mol. The normalized spacial score (nSPS) is 11.5. The first-order valence-corrected chi connectivity index (χ1v) is 7.70. The number of anilines is 1. The summed E-state index contributed by atoms with van der Waals surface area (Å²) in [4.78, 5) is 16.2. The largest absolute Gasteiger partial charge is 0.416 e. The quantitative estimate of drug-likeness (QED) is 0.818. The van der Waals surface area contributed by atoms with Crippen molar-refractivity contribution >= 4 is 34.0 Å². The van der Waals surface area contributed by atoms with Crippen LogP contribution in [0.25, 0.3) is 0 Å². The number of rotatable bonds is 5. The van der Waals surface area contributed by atoms with E-state index < -0.39 is 11.7 Å². The lowest BCUT2D eigenvalue weighted by Crippen LogP contribution is -2.11. The highest BCUT2D eigenvalue weighted by Crippen LogP contribution is 2.30. The molecule has 0 bridgehead atoms. The van der Waals surface area contributed by atoms with E-state index in [0.717, 1.165) is 17.0 Å². The zero-order valence-electron chi connectivity index (χ0n) is 11.3. The second-order valence-electron chi connectivity index (χ2n) is 4.49. The summed E-state index contributed by atoms with van der Waals surface area (Å²) in [5.74, 6) is -0.0242. The molecule has 0 aliphatic carbocycles. The monoisotopic (exact) mass is 348 g/mol. The van der Waals surface area contributed by atoms with Gasteiger partial charge < -0.3 is 5.32 Å². The number of nitrogens with zero attached hydrogens (tertiary/aromatic N) is 1. The van der Waals surface area contributed by atoms with E-state index in [1.807, 2.05) is 0 Å². The lowest BCUT2D eigenvalue weighted by molar-refractivity contribution is -0.137. The Hall–Kier alpha value is -1.60. The van der Waals surface area contributed by atoms with E-state index in [-0.39, 0.29) is 18.2 Å². The Balaban J connectivity index is 2.06. The minimum atomic E-state index is -4.36. The molecule has 1 N–H and O–H groups in total. The SMILES string of the molecule is O=C(CCCl)Nc1ncc(Cc2cccc(C(F)(F)F)c2)s1. The zero-order chi connectivity index (χ0) is 16.2. The molecule has 0 aliphatic heterocycles. The number of aromatic nitrogens is 1. The van der Waals surface area contributed by atoms with Gasteiger partial charge in [-0.2, -0.15) is 13.2 Å². The van der Waals surface area contributed by atoms with Crippen molar-refractivity contribution in [3.05, 3.63) is 46.5 Å². The smallest absolute Gasteiger partial charge is 0.302 e. The van der Waals surface area contributed by atoms with Gasteiger partial charge in [-0.05, 0) is 11.6 Å². The average molecular weight is 349 g/mol. The van der Waals surface area contributed by atoms with Crippen molar-refractivity contribution in [3.63, 3.8) is 0 Å². The van der Waals surface area contributed by atoms with E-state index in [4.69, 9.17) is 11.6 Å². The highest BCUT2D eigenvalue weighted by Gasteiger charge is 2.30. The fraction of sp³-hybridized carbons (Fsp3) is 0.286. The molecule has 1 heterocycles. The van der Waals surface area contributed by atoms with E-state index in [1.54, 1.807) is 12.3 Å². The van der Waals surface area contributed by atoms with Crippen LogP contribution in [0, 0.1) is 0 Å². The molecule has 0 atom stereocenters. The predicted octanol–water partition coefficient (Wildman–Crippen LogP) is 4.32. The van der Waals surface area contributed by atoms with E-state index in [0.29, 0.717) is 17.1 Å². The zero-order valence-corrected chi connectivity index (χ0v) is 12.9. The van der Waals surface area contributed by atoms with Crippen LogP contribution >= 0.6 is 22.9 Å². The van der Waals surface area contributed by atoms with Gasteiger partial charge in [0.2, 0.25) is 5.91 Å². The molecule has 1 aromatic heterocycles. The minimum Gasteiger partial charge on any atom is -0.302 e. The van der Waals surface area contributed by atoms with Crippen LogP contribution in [0.3, 0.4) is 0 Å². The van der Waals surface area contributed by atoms with Crippen molar-refractivity contribution in [1.82, 2.24) is 4.98 Å². The van der Waals surface area contributed by atoms with Crippen molar-refractivity contribution < 1.29 is 18.0 Å². The van der Waals surface area contributed by atoms with Crippen molar-refractivity contribution in [2.45, 2.75) is 19.0 Å². The number of carbonyl (C=O) groups excluding carboxylic acids is 1. The molecule has 0 unspecified atom stereocenters. The van der Waals surface area contributed by atoms with Gasteiger partial charge in [0.05, 0.1) is 5.56 Å². The van der Waals surface area contributed by atoms with Gasteiger partial charge in [0.15, 0.2) is 5.13 Å². The fourth-order valence-electron chi connectivity index (χ4n) is 1.77. The molecule has 0 spiro atoms. The van der Waals surface area contributed by atoms with Crippen molar-refractivity contribution in [2.24, 2.45) is 0 Å². The third-order valence-corrected chi connectivity index (χ3v) is 3.86. The summed E-state index contributed by atoms with van der Waals surface area (Å²) in [6, 6.07) is 5.16. The molecule has 1 aromatic carbocycles. The Labute approximate surface area is 134 Å². The van der Waals surface area contributed by atoms with Crippen molar-refractivity contribution in [2.75, 3.05) is 11.2 Å². The number of alkyl halides is 4. The summed E-state index contributed by atoms with van der Waals surface area (Å²) < 4.78 is 38.0. The topological polar surface area (TPSA) is 42.0 Å². The van der Waals surface area contributed by atoms with Crippen molar-refractivity contribution in [3.8, 4) is 0 Å². The van der Waals surface area contributed by atoms with Crippen LogP contribution in [0.1, 0.15) is 22.4 Å². The number of hydrogen-bond donors (Lipinski definition) is 1. The van der Waals surface area contributed by atoms with Crippen LogP contribution in [0.4, 0.5) is 18.3 Å². The lowest BCUT2D eigenvalue weighted by atomic mass is 10.1. The number of halogens is 4. The van der Waals surface area contributed by atoms with Crippen LogP contribution in [0.5, 0.6) is 0 Å².